The maximum Gasteiger partial charge on any atom is 0.00225 e. The van der Waals surface area contributed by atoms with Crippen molar-refractivity contribution in [2.45, 2.75) is 39.7 Å². The molecule has 0 aliphatic heterocycles. The van der Waals surface area contributed by atoms with Crippen LogP contribution in [0, 0.1) is 5.92 Å². The van der Waals surface area contributed by atoms with Crippen molar-refractivity contribution in [2.75, 3.05) is 13.1 Å². The van der Waals surface area contributed by atoms with Gasteiger partial charge < -0.3 is 11.1 Å². The lowest BCUT2D eigenvalue weighted by atomic mass is 10.1. The van der Waals surface area contributed by atoms with Crippen LogP contribution in [-0.2, 0) is 0 Å². The summed E-state index contributed by atoms with van der Waals surface area (Å²) in [5.74, 6) is 0.804. The average molecular weight is 158 g/mol. The lowest BCUT2D eigenvalue weighted by molar-refractivity contribution is 0.519. The van der Waals surface area contributed by atoms with Crippen molar-refractivity contribution in [1.29, 1.82) is 0 Å². The van der Waals surface area contributed by atoms with Crippen LogP contribution in [0.4, 0.5) is 0 Å². The van der Waals surface area contributed by atoms with E-state index in [-0.39, 0.29) is 0 Å². The lowest BCUT2D eigenvalue weighted by Crippen LogP contribution is -2.25. The van der Waals surface area contributed by atoms with E-state index < -0.39 is 0 Å². The van der Waals surface area contributed by atoms with Gasteiger partial charge in [0.1, 0.15) is 0 Å². The number of rotatable bonds is 6. The van der Waals surface area contributed by atoms with Gasteiger partial charge in [-0.3, -0.25) is 0 Å². The van der Waals surface area contributed by atoms with Crippen molar-refractivity contribution in [1.82, 2.24) is 5.32 Å². The zero-order valence-electron chi connectivity index (χ0n) is 8.06. The standard InChI is InChI=1S/C9H22N2/c1-8(2)4-6-11-7-5-9(3)10/h8-9,11H,4-7,10H2,1-3H3/t9-/m0/s1. The highest BCUT2D eigenvalue weighted by atomic mass is 14.8. The van der Waals surface area contributed by atoms with E-state index in [4.69, 9.17) is 5.73 Å². The van der Waals surface area contributed by atoms with Gasteiger partial charge in [0.25, 0.3) is 0 Å². The van der Waals surface area contributed by atoms with Crippen LogP contribution >= 0.6 is 0 Å². The largest absolute Gasteiger partial charge is 0.328 e. The summed E-state index contributed by atoms with van der Waals surface area (Å²) in [5, 5.41) is 3.37. The Labute approximate surface area is 70.5 Å². The van der Waals surface area contributed by atoms with Crippen LogP contribution in [0.3, 0.4) is 0 Å². The van der Waals surface area contributed by atoms with E-state index in [9.17, 15) is 0 Å². The van der Waals surface area contributed by atoms with Crippen molar-refractivity contribution in [3.63, 3.8) is 0 Å². The lowest BCUT2D eigenvalue weighted by Gasteiger charge is -2.08. The molecule has 0 fully saturated rings. The molecule has 0 saturated carbocycles. The van der Waals surface area contributed by atoms with E-state index in [2.05, 4.69) is 19.2 Å². The van der Waals surface area contributed by atoms with Gasteiger partial charge in [-0.15, -0.1) is 0 Å². The Bertz CT molecular complexity index is 69.6. The topological polar surface area (TPSA) is 38.0 Å². The number of hydrogen-bond donors (Lipinski definition) is 2. The third-order valence-electron chi connectivity index (χ3n) is 1.67. The minimum atomic E-state index is 0.335. The Morgan fingerprint density at radius 3 is 2.09 bits per heavy atom. The number of nitrogens with one attached hydrogen (secondary N) is 1. The van der Waals surface area contributed by atoms with E-state index in [0.717, 1.165) is 25.4 Å². The summed E-state index contributed by atoms with van der Waals surface area (Å²) in [7, 11) is 0. The molecular formula is C9H22N2. The fraction of sp³-hybridized carbons (Fsp3) is 1.00. The smallest absolute Gasteiger partial charge is 0.00225 e. The molecule has 2 nitrogen and oxygen atoms in total. The average Bonchev–Trinajstić information content (AvgIpc) is 1.85. The van der Waals surface area contributed by atoms with Gasteiger partial charge >= 0.3 is 0 Å². The molecule has 0 aliphatic rings. The van der Waals surface area contributed by atoms with Crippen LogP contribution in [0.1, 0.15) is 33.6 Å². The molecule has 0 rings (SSSR count). The quantitative estimate of drug-likeness (QED) is 0.573. The summed E-state index contributed by atoms with van der Waals surface area (Å²) in [5.41, 5.74) is 5.59. The minimum absolute atomic E-state index is 0.335. The highest BCUT2D eigenvalue weighted by Crippen LogP contribution is 1.96. The molecule has 0 aliphatic carbocycles. The van der Waals surface area contributed by atoms with Crippen molar-refractivity contribution in [3.05, 3.63) is 0 Å². The fourth-order valence-electron chi connectivity index (χ4n) is 0.845. The summed E-state index contributed by atoms with van der Waals surface area (Å²) in [6.07, 6.45) is 2.34. The second kappa shape index (κ2) is 6.62. The third-order valence-corrected chi connectivity index (χ3v) is 1.67. The van der Waals surface area contributed by atoms with Crippen molar-refractivity contribution < 1.29 is 0 Å². The summed E-state index contributed by atoms with van der Waals surface area (Å²) < 4.78 is 0. The molecule has 0 aromatic heterocycles. The zero-order valence-corrected chi connectivity index (χ0v) is 8.06. The molecule has 2 heteroatoms. The molecule has 3 N–H and O–H groups in total. The van der Waals surface area contributed by atoms with Crippen LogP contribution in [0.5, 0.6) is 0 Å². The predicted octanol–water partition coefficient (Wildman–Crippen LogP) is 1.36. The van der Waals surface area contributed by atoms with Crippen LogP contribution in [0.25, 0.3) is 0 Å². The van der Waals surface area contributed by atoms with Crippen molar-refractivity contribution in [2.24, 2.45) is 11.7 Å². The van der Waals surface area contributed by atoms with Gasteiger partial charge in [0.05, 0.1) is 0 Å². The molecule has 68 valence electrons. The first-order valence-electron chi connectivity index (χ1n) is 4.59. The Kier molecular flexibility index (Phi) is 6.57. The highest BCUT2D eigenvalue weighted by Gasteiger charge is 1.94. The normalized spacial score (nSPS) is 13.9. The van der Waals surface area contributed by atoms with E-state index in [1.807, 2.05) is 6.92 Å². The van der Waals surface area contributed by atoms with Gasteiger partial charge in [-0.05, 0) is 38.8 Å². The van der Waals surface area contributed by atoms with Crippen LogP contribution in [0.15, 0.2) is 0 Å². The second-order valence-electron chi connectivity index (χ2n) is 3.70. The summed E-state index contributed by atoms with van der Waals surface area (Å²) in [6, 6.07) is 0.335. The highest BCUT2D eigenvalue weighted by molar-refractivity contribution is 4.56. The molecular weight excluding hydrogens is 136 g/mol. The maximum absolute atomic E-state index is 5.59. The molecule has 0 heterocycles. The summed E-state index contributed by atoms with van der Waals surface area (Å²) in [6.45, 7) is 8.72. The molecule has 0 radical (unpaired) electrons. The molecule has 0 aromatic rings. The van der Waals surface area contributed by atoms with Gasteiger partial charge in [-0.1, -0.05) is 13.8 Å². The molecule has 0 bridgehead atoms. The third kappa shape index (κ3) is 9.92. The van der Waals surface area contributed by atoms with Gasteiger partial charge in [-0.2, -0.15) is 0 Å². The van der Waals surface area contributed by atoms with Gasteiger partial charge in [-0.25, -0.2) is 0 Å². The summed E-state index contributed by atoms with van der Waals surface area (Å²) >= 11 is 0. The van der Waals surface area contributed by atoms with Crippen LogP contribution < -0.4 is 11.1 Å². The first-order chi connectivity index (χ1) is 5.13. The Balaban J connectivity index is 2.91. The molecule has 0 unspecified atom stereocenters. The maximum atomic E-state index is 5.59. The van der Waals surface area contributed by atoms with E-state index in [1.54, 1.807) is 0 Å². The van der Waals surface area contributed by atoms with Gasteiger partial charge in [0.2, 0.25) is 0 Å². The zero-order chi connectivity index (χ0) is 8.69. The Hall–Kier alpha value is -0.0800. The van der Waals surface area contributed by atoms with Crippen LogP contribution in [-0.4, -0.2) is 19.1 Å². The fourth-order valence-corrected chi connectivity index (χ4v) is 0.845. The SMILES string of the molecule is CC(C)CCNCC[C@H](C)N. The molecule has 1 atom stereocenters. The molecule has 11 heavy (non-hydrogen) atoms. The summed E-state index contributed by atoms with van der Waals surface area (Å²) in [4.78, 5) is 0. The first-order valence-corrected chi connectivity index (χ1v) is 4.59. The molecule has 0 saturated heterocycles. The number of nitrogens with two attached hydrogens (primary N) is 1. The van der Waals surface area contributed by atoms with Gasteiger partial charge in [0.15, 0.2) is 0 Å². The Morgan fingerprint density at radius 2 is 1.64 bits per heavy atom. The molecule has 0 amide bonds. The van der Waals surface area contributed by atoms with Crippen LogP contribution in [0.2, 0.25) is 0 Å². The van der Waals surface area contributed by atoms with E-state index in [0.29, 0.717) is 6.04 Å². The molecule has 0 spiro atoms. The van der Waals surface area contributed by atoms with E-state index in [1.165, 1.54) is 6.42 Å². The van der Waals surface area contributed by atoms with E-state index >= 15 is 0 Å². The second-order valence-corrected chi connectivity index (χ2v) is 3.70. The number of hydrogen-bond acceptors (Lipinski definition) is 2. The molecule has 0 aromatic carbocycles. The first kappa shape index (κ1) is 10.9. The Morgan fingerprint density at radius 1 is 1.09 bits per heavy atom. The minimum Gasteiger partial charge on any atom is -0.328 e. The van der Waals surface area contributed by atoms with Gasteiger partial charge in [0, 0.05) is 6.04 Å². The monoisotopic (exact) mass is 158 g/mol. The predicted molar refractivity (Wildman–Crippen MR) is 50.6 cm³/mol. The van der Waals surface area contributed by atoms with Crippen molar-refractivity contribution in [3.8, 4) is 0 Å². The van der Waals surface area contributed by atoms with Crippen molar-refractivity contribution >= 4 is 0 Å².